The van der Waals surface area contributed by atoms with Gasteiger partial charge >= 0.3 is 0 Å². The zero-order valence-corrected chi connectivity index (χ0v) is 23.2. The minimum Gasteiger partial charge on any atom is -0.508 e. The Morgan fingerprint density at radius 2 is 1.60 bits per heavy atom. The Morgan fingerprint density at radius 3 is 2.26 bits per heavy atom. The second kappa shape index (κ2) is 13.7. The number of aromatic hydroxyl groups is 1. The van der Waals surface area contributed by atoms with Crippen molar-refractivity contribution in [3.63, 3.8) is 0 Å². The fraction of sp³-hybridized carbons (Fsp3) is 0.562. The highest BCUT2D eigenvalue weighted by atomic mass is 16.5. The first-order chi connectivity index (χ1) is 16.5. The van der Waals surface area contributed by atoms with Gasteiger partial charge in [-0.3, -0.25) is 0 Å². The number of phenolic OH excluding ortho intramolecular Hbond substituents is 1. The summed E-state index contributed by atoms with van der Waals surface area (Å²) in [6, 6.07) is 3.63. The highest BCUT2D eigenvalue weighted by molar-refractivity contribution is 5.47. The van der Waals surface area contributed by atoms with E-state index in [1.807, 2.05) is 19.9 Å². The zero-order chi connectivity index (χ0) is 26.0. The molecule has 1 aromatic carbocycles. The first-order valence-corrected chi connectivity index (χ1v) is 13.3. The van der Waals surface area contributed by atoms with E-state index in [4.69, 9.17) is 4.74 Å². The highest BCUT2D eigenvalue weighted by Crippen LogP contribution is 2.39. The highest BCUT2D eigenvalue weighted by Gasteiger charge is 2.32. The summed E-state index contributed by atoms with van der Waals surface area (Å²) in [7, 11) is 0. The lowest BCUT2D eigenvalue weighted by Crippen LogP contribution is -2.36. The third-order valence-electron chi connectivity index (χ3n) is 7.09. The molecule has 0 saturated heterocycles. The Labute approximate surface area is 214 Å². The van der Waals surface area contributed by atoms with Gasteiger partial charge in [0.15, 0.2) is 0 Å². The van der Waals surface area contributed by atoms with Gasteiger partial charge in [-0.05, 0) is 135 Å². The standard InChI is InChI=1S/C32H48O3/c1-23(2)16-17-30(34)26(5)15-9-13-24(3)11-8-12-25(4)14-10-19-32(7)20-18-28-22-29(33)21-27(6)31(28)35-32/h11,14-16,21-22,30,33-34H,8-10,12-13,17-20H2,1-7H3/b24-11+,25-14+,26-15+/t30-,32-/m1/s1. The number of rotatable bonds is 12. The van der Waals surface area contributed by atoms with Gasteiger partial charge in [-0.15, -0.1) is 0 Å². The molecule has 2 N–H and O–H groups in total. The lowest BCUT2D eigenvalue weighted by Gasteiger charge is -2.36. The maximum absolute atomic E-state index is 10.2. The van der Waals surface area contributed by atoms with Gasteiger partial charge in [0.25, 0.3) is 0 Å². The van der Waals surface area contributed by atoms with Crippen LogP contribution in [-0.2, 0) is 6.42 Å². The first kappa shape index (κ1) is 29.0. The average Bonchev–Trinajstić information content (AvgIpc) is 2.78. The van der Waals surface area contributed by atoms with Gasteiger partial charge in [-0.1, -0.05) is 41.0 Å². The smallest absolute Gasteiger partial charge is 0.126 e. The third-order valence-corrected chi connectivity index (χ3v) is 7.09. The zero-order valence-electron chi connectivity index (χ0n) is 23.2. The molecule has 1 heterocycles. The van der Waals surface area contributed by atoms with Crippen molar-refractivity contribution in [2.24, 2.45) is 0 Å². The van der Waals surface area contributed by atoms with E-state index < -0.39 is 0 Å². The molecule has 0 fully saturated rings. The Morgan fingerprint density at radius 1 is 0.971 bits per heavy atom. The molecule has 1 aliphatic heterocycles. The minimum atomic E-state index is -0.365. The van der Waals surface area contributed by atoms with E-state index in [0.717, 1.165) is 73.8 Å². The molecule has 35 heavy (non-hydrogen) atoms. The van der Waals surface area contributed by atoms with Crippen LogP contribution >= 0.6 is 0 Å². The van der Waals surface area contributed by atoms with Crippen LogP contribution in [0.25, 0.3) is 0 Å². The summed E-state index contributed by atoms with van der Waals surface area (Å²) in [5.41, 5.74) is 7.18. The Hall–Kier alpha value is -2.26. The Bertz CT molecular complexity index is 959. The van der Waals surface area contributed by atoms with Crippen molar-refractivity contribution in [2.45, 2.75) is 118 Å². The molecule has 2 atom stereocenters. The van der Waals surface area contributed by atoms with Crippen LogP contribution in [0.15, 0.2) is 58.7 Å². The van der Waals surface area contributed by atoms with Gasteiger partial charge in [0.05, 0.1) is 6.10 Å². The monoisotopic (exact) mass is 480 g/mol. The topological polar surface area (TPSA) is 49.7 Å². The molecular formula is C32H48O3. The minimum absolute atomic E-state index is 0.146. The molecule has 1 aliphatic rings. The number of benzene rings is 1. The number of hydrogen-bond donors (Lipinski definition) is 2. The van der Waals surface area contributed by atoms with Crippen LogP contribution in [0.5, 0.6) is 11.5 Å². The third kappa shape index (κ3) is 10.1. The normalized spacial score (nSPS) is 19.7. The second-order valence-corrected chi connectivity index (χ2v) is 11.0. The van der Waals surface area contributed by atoms with Crippen LogP contribution in [-0.4, -0.2) is 21.9 Å². The first-order valence-electron chi connectivity index (χ1n) is 13.3. The predicted molar refractivity (Wildman–Crippen MR) is 149 cm³/mol. The van der Waals surface area contributed by atoms with Crippen molar-refractivity contribution in [1.82, 2.24) is 0 Å². The van der Waals surface area contributed by atoms with Crippen LogP contribution in [0.3, 0.4) is 0 Å². The molecule has 3 heteroatoms. The molecule has 0 amide bonds. The van der Waals surface area contributed by atoms with E-state index in [1.54, 1.807) is 6.07 Å². The SMILES string of the molecule is CC(C)=CC[C@@H](O)/C(C)=C/CC/C(C)=C/CC/C(C)=C/CC[C@]1(C)CCc2cc(O)cc(C)c2O1. The number of aryl methyl sites for hydroxylation is 2. The molecule has 0 unspecified atom stereocenters. The molecule has 194 valence electrons. The van der Waals surface area contributed by atoms with E-state index in [-0.39, 0.29) is 11.7 Å². The number of allylic oxidation sites excluding steroid dienone is 6. The molecule has 3 nitrogen and oxygen atoms in total. The molecule has 2 rings (SSSR count). The molecular weight excluding hydrogens is 432 g/mol. The van der Waals surface area contributed by atoms with Gasteiger partial charge in [0, 0.05) is 0 Å². The van der Waals surface area contributed by atoms with E-state index in [1.165, 1.54) is 16.7 Å². The molecule has 0 spiro atoms. The number of aliphatic hydroxyl groups is 1. The van der Waals surface area contributed by atoms with Crippen LogP contribution < -0.4 is 4.74 Å². The number of hydrogen-bond acceptors (Lipinski definition) is 3. The van der Waals surface area contributed by atoms with E-state index in [9.17, 15) is 10.2 Å². The number of fused-ring (bicyclic) bond motifs is 1. The summed E-state index contributed by atoms with van der Waals surface area (Å²) in [5, 5.41) is 20.1. The number of ether oxygens (including phenoxy) is 1. The van der Waals surface area contributed by atoms with Crippen LogP contribution in [0.4, 0.5) is 0 Å². The number of phenols is 1. The van der Waals surface area contributed by atoms with Gasteiger partial charge in [0.1, 0.15) is 17.1 Å². The van der Waals surface area contributed by atoms with Crippen LogP contribution in [0.1, 0.15) is 104 Å². The lowest BCUT2D eigenvalue weighted by molar-refractivity contribution is 0.0561. The van der Waals surface area contributed by atoms with Crippen molar-refractivity contribution in [3.8, 4) is 11.5 Å². The second-order valence-electron chi connectivity index (χ2n) is 11.0. The largest absolute Gasteiger partial charge is 0.508 e. The van der Waals surface area contributed by atoms with Gasteiger partial charge < -0.3 is 14.9 Å². The number of aliphatic hydroxyl groups excluding tert-OH is 1. The quantitative estimate of drug-likeness (QED) is 0.294. The predicted octanol–water partition coefficient (Wildman–Crippen LogP) is 8.68. The van der Waals surface area contributed by atoms with E-state index in [2.05, 4.69) is 58.9 Å². The summed E-state index contributed by atoms with van der Waals surface area (Å²) in [5.74, 6) is 1.29. The van der Waals surface area contributed by atoms with E-state index in [0.29, 0.717) is 12.2 Å². The van der Waals surface area contributed by atoms with E-state index >= 15 is 0 Å². The van der Waals surface area contributed by atoms with Crippen LogP contribution in [0, 0.1) is 6.92 Å². The summed E-state index contributed by atoms with van der Waals surface area (Å²) < 4.78 is 6.42. The van der Waals surface area contributed by atoms with Gasteiger partial charge in [-0.25, -0.2) is 0 Å². The molecule has 0 aromatic heterocycles. The summed E-state index contributed by atoms with van der Waals surface area (Å²) in [6.07, 6.45) is 17.5. The van der Waals surface area contributed by atoms with Crippen molar-refractivity contribution >= 4 is 0 Å². The fourth-order valence-electron chi connectivity index (χ4n) is 4.60. The molecule has 0 bridgehead atoms. The lowest BCUT2D eigenvalue weighted by atomic mass is 9.87. The van der Waals surface area contributed by atoms with Gasteiger partial charge in [-0.2, -0.15) is 0 Å². The Kier molecular flexibility index (Phi) is 11.4. The molecule has 0 radical (unpaired) electrons. The molecule has 0 saturated carbocycles. The summed E-state index contributed by atoms with van der Waals surface area (Å²) in [6.45, 7) is 14.8. The maximum atomic E-state index is 10.2. The van der Waals surface area contributed by atoms with Crippen molar-refractivity contribution in [2.75, 3.05) is 0 Å². The van der Waals surface area contributed by atoms with Crippen molar-refractivity contribution < 1.29 is 14.9 Å². The van der Waals surface area contributed by atoms with Crippen LogP contribution in [0.2, 0.25) is 0 Å². The Balaban J connectivity index is 1.73. The molecule has 0 aliphatic carbocycles. The van der Waals surface area contributed by atoms with Gasteiger partial charge in [0.2, 0.25) is 0 Å². The fourth-order valence-corrected chi connectivity index (χ4v) is 4.60. The van der Waals surface area contributed by atoms with Crippen molar-refractivity contribution in [3.05, 3.63) is 69.9 Å². The molecule has 1 aromatic rings. The summed E-state index contributed by atoms with van der Waals surface area (Å²) in [4.78, 5) is 0. The summed E-state index contributed by atoms with van der Waals surface area (Å²) >= 11 is 0. The average molecular weight is 481 g/mol. The maximum Gasteiger partial charge on any atom is 0.126 e. The van der Waals surface area contributed by atoms with Crippen molar-refractivity contribution in [1.29, 1.82) is 0 Å².